The maximum atomic E-state index is 12.8. The molecule has 0 amide bonds. The number of sulfonamides is 1. The summed E-state index contributed by atoms with van der Waals surface area (Å²) < 4.78 is 32.0. The van der Waals surface area contributed by atoms with Crippen molar-refractivity contribution in [1.29, 1.82) is 0 Å². The minimum Gasteiger partial charge on any atom is -0.475 e. The van der Waals surface area contributed by atoms with E-state index < -0.39 is 16.0 Å². The fourth-order valence-corrected chi connectivity index (χ4v) is 5.31. The standard InChI is InChI=1S/C13H18BrNO5S/c1-2-9-6-4-3-5-7-15(9)21(18,19)11-8-10(13(16)17)20-12(11)14/h8-9H,2-7H2,1H3,(H,16,17). The number of rotatable bonds is 4. The molecule has 1 atom stereocenters. The quantitative estimate of drug-likeness (QED) is 0.867. The van der Waals surface area contributed by atoms with E-state index in [9.17, 15) is 13.2 Å². The number of carboxylic acids is 1. The maximum absolute atomic E-state index is 12.8. The minimum atomic E-state index is -3.76. The average molecular weight is 380 g/mol. The van der Waals surface area contributed by atoms with Crippen molar-refractivity contribution in [3.05, 3.63) is 16.5 Å². The van der Waals surface area contributed by atoms with E-state index in [2.05, 4.69) is 15.9 Å². The van der Waals surface area contributed by atoms with E-state index in [0.717, 1.165) is 38.2 Å². The molecule has 1 aromatic heterocycles. The lowest BCUT2D eigenvalue weighted by Gasteiger charge is -2.27. The number of nitrogens with zero attached hydrogens (tertiary/aromatic N) is 1. The van der Waals surface area contributed by atoms with Gasteiger partial charge in [0.15, 0.2) is 4.67 Å². The third-order valence-electron chi connectivity index (χ3n) is 3.75. The number of carboxylic acid groups (broad SMARTS) is 1. The van der Waals surface area contributed by atoms with Gasteiger partial charge in [0.05, 0.1) is 0 Å². The summed E-state index contributed by atoms with van der Waals surface area (Å²) in [4.78, 5) is 10.8. The molecule has 0 saturated carbocycles. The van der Waals surface area contributed by atoms with Gasteiger partial charge in [-0.1, -0.05) is 19.8 Å². The predicted molar refractivity (Wildman–Crippen MR) is 79.8 cm³/mol. The fraction of sp³-hybridized carbons (Fsp3) is 0.615. The summed E-state index contributed by atoms with van der Waals surface area (Å²) in [5, 5.41) is 8.92. The molecule has 1 aliphatic heterocycles. The number of furan rings is 1. The third kappa shape index (κ3) is 3.32. The molecule has 1 aliphatic rings. The third-order valence-corrected chi connectivity index (χ3v) is 6.56. The lowest BCUT2D eigenvalue weighted by atomic mass is 10.1. The maximum Gasteiger partial charge on any atom is 0.371 e. The molecule has 21 heavy (non-hydrogen) atoms. The Balaban J connectivity index is 2.42. The summed E-state index contributed by atoms with van der Waals surface area (Å²) in [7, 11) is -3.76. The molecule has 118 valence electrons. The highest BCUT2D eigenvalue weighted by Crippen LogP contribution is 2.32. The van der Waals surface area contributed by atoms with E-state index in [1.165, 1.54) is 4.31 Å². The summed E-state index contributed by atoms with van der Waals surface area (Å²) in [6, 6.07) is 1.02. The number of carbonyl (C=O) groups is 1. The monoisotopic (exact) mass is 379 g/mol. The van der Waals surface area contributed by atoms with Crippen molar-refractivity contribution in [3.63, 3.8) is 0 Å². The Kier molecular flexibility index (Phi) is 5.11. The van der Waals surface area contributed by atoms with Gasteiger partial charge in [0.2, 0.25) is 15.8 Å². The molecule has 0 radical (unpaired) electrons. The Morgan fingerprint density at radius 2 is 2.19 bits per heavy atom. The van der Waals surface area contributed by atoms with Gasteiger partial charge in [-0.05, 0) is 35.2 Å². The van der Waals surface area contributed by atoms with E-state index in [1.54, 1.807) is 0 Å². The molecule has 0 aromatic carbocycles. The highest BCUT2D eigenvalue weighted by molar-refractivity contribution is 9.10. The van der Waals surface area contributed by atoms with Crippen LogP contribution in [0.15, 0.2) is 20.0 Å². The second-order valence-electron chi connectivity index (χ2n) is 5.08. The van der Waals surface area contributed by atoms with Crippen LogP contribution in [0.4, 0.5) is 0 Å². The smallest absolute Gasteiger partial charge is 0.371 e. The topological polar surface area (TPSA) is 87.8 Å². The van der Waals surface area contributed by atoms with Crippen LogP contribution in [0.25, 0.3) is 0 Å². The van der Waals surface area contributed by atoms with Crippen LogP contribution in [0, 0.1) is 0 Å². The SMILES string of the molecule is CCC1CCCCCN1S(=O)(=O)c1cc(C(=O)O)oc1Br. The molecule has 8 heteroatoms. The van der Waals surface area contributed by atoms with Gasteiger partial charge in [-0.15, -0.1) is 0 Å². The van der Waals surface area contributed by atoms with Crippen LogP contribution in [0.3, 0.4) is 0 Å². The van der Waals surface area contributed by atoms with Gasteiger partial charge in [0.25, 0.3) is 0 Å². The van der Waals surface area contributed by atoms with Crippen LogP contribution in [-0.4, -0.2) is 36.4 Å². The number of hydrogen-bond donors (Lipinski definition) is 1. The molecule has 1 N–H and O–H groups in total. The lowest BCUT2D eigenvalue weighted by molar-refractivity contribution is 0.0661. The van der Waals surface area contributed by atoms with E-state index >= 15 is 0 Å². The van der Waals surface area contributed by atoms with E-state index in [1.807, 2.05) is 6.92 Å². The molecule has 1 saturated heterocycles. The van der Waals surface area contributed by atoms with Crippen molar-refractivity contribution in [2.45, 2.75) is 50.0 Å². The first kappa shape index (κ1) is 16.5. The van der Waals surface area contributed by atoms with Crippen molar-refractivity contribution in [2.75, 3.05) is 6.54 Å². The molecule has 6 nitrogen and oxygen atoms in total. The Labute approximate surface area is 132 Å². The summed E-state index contributed by atoms with van der Waals surface area (Å²) >= 11 is 3.01. The zero-order valence-corrected chi connectivity index (χ0v) is 14.1. The van der Waals surface area contributed by atoms with Crippen LogP contribution >= 0.6 is 15.9 Å². The summed E-state index contributed by atoms with van der Waals surface area (Å²) in [6.07, 6.45) is 4.40. The Morgan fingerprint density at radius 1 is 1.48 bits per heavy atom. The van der Waals surface area contributed by atoms with E-state index in [-0.39, 0.29) is 21.4 Å². The second kappa shape index (κ2) is 6.50. The zero-order chi connectivity index (χ0) is 15.6. The summed E-state index contributed by atoms with van der Waals surface area (Å²) in [5.74, 6) is -1.68. The molecular formula is C13H18BrNO5S. The van der Waals surface area contributed by atoms with Gasteiger partial charge < -0.3 is 9.52 Å². The molecule has 0 bridgehead atoms. The van der Waals surface area contributed by atoms with Gasteiger partial charge in [0, 0.05) is 18.7 Å². The van der Waals surface area contributed by atoms with Crippen LogP contribution in [-0.2, 0) is 10.0 Å². The Bertz CT molecular complexity index is 625. The van der Waals surface area contributed by atoms with Crippen molar-refractivity contribution in [3.8, 4) is 0 Å². The molecule has 1 aromatic rings. The van der Waals surface area contributed by atoms with Gasteiger partial charge in [-0.25, -0.2) is 13.2 Å². The van der Waals surface area contributed by atoms with Crippen molar-refractivity contribution in [1.82, 2.24) is 4.31 Å². The lowest BCUT2D eigenvalue weighted by Crippen LogP contribution is -2.39. The average Bonchev–Trinajstić information content (AvgIpc) is 2.68. The molecule has 2 heterocycles. The van der Waals surface area contributed by atoms with Gasteiger partial charge in [-0.3, -0.25) is 0 Å². The van der Waals surface area contributed by atoms with Gasteiger partial charge >= 0.3 is 5.97 Å². The number of hydrogen-bond acceptors (Lipinski definition) is 4. The van der Waals surface area contributed by atoms with Crippen molar-refractivity contribution in [2.24, 2.45) is 0 Å². The Hall–Kier alpha value is -0.860. The van der Waals surface area contributed by atoms with Crippen LogP contribution < -0.4 is 0 Å². The highest BCUT2D eigenvalue weighted by Gasteiger charge is 2.35. The normalized spacial score (nSPS) is 21.1. The van der Waals surface area contributed by atoms with Gasteiger partial charge in [-0.2, -0.15) is 4.31 Å². The van der Waals surface area contributed by atoms with Crippen LogP contribution in [0.1, 0.15) is 49.6 Å². The first-order valence-corrected chi connectivity index (χ1v) is 9.15. The van der Waals surface area contributed by atoms with E-state index in [0.29, 0.717) is 6.54 Å². The summed E-state index contributed by atoms with van der Waals surface area (Å²) in [6.45, 7) is 2.42. The largest absolute Gasteiger partial charge is 0.475 e. The van der Waals surface area contributed by atoms with Crippen molar-refractivity contribution >= 4 is 31.9 Å². The zero-order valence-electron chi connectivity index (χ0n) is 11.7. The first-order valence-electron chi connectivity index (χ1n) is 6.92. The number of aromatic carboxylic acids is 1. The molecule has 1 unspecified atom stereocenters. The second-order valence-corrected chi connectivity index (χ2v) is 7.66. The predicted octanol–water partition coefficient (Wildman–Crippen LogP) is 3.08. The Morgan fingerprint density at radius 3 is 2.76 bits per heavy atom. The molecule has 0 aliphatic carbocycles. The highest BCUT2D eigenvalue weighted by atomic mass is 79.9. The minimum absolute atomic E-state index is 0.0485. The first-order chi connectivity index (χ1) is 9.87. The number of halogens is 1. The van der Waals surface area contributed by atoms with E-state index in [4.69, 9.17) is 9.52 Å². The molecular weight excluding hydrogens is 362 g/mol. The molecule has 1 fully saturated rings. The fourth-order valence-electron chi connectivity index (χ4n) is 2.63. The van der Waals surface area contributed by atoms with Gasteiger partial charge in [0.1, 0.15) is 4.90 Å². The summed E-state index contributed by atoms with van der Waals surface area (Å²) in [5.41, 5.74) is 0. The van der Waals surface area contributed by atoms with Crippen molar-refractivity contribution < 1.29 is 22.7 Å². The molecule has 2 rings (SSSR count). The van der Waals surface area contributed by atoms with Crippen LogP contribution in [0.2, 0.25) is 0 Å². The van der Waals surface area contributed by atoms with Crippen LogP contribution in [0.5, 0.6) is 0 Å². The molecule has 0 spiro atoms.